The largest absolute Gasteiger partial charge is 0.497 e. The van der Waals surface area contributed by atoms with Gasteiger partial charge < -0.3 is 9.26 Å². The van der Waals surface area contributed by atoms with E-state index in [0.717, 1.165) is 15.8 Å². The standard InChI is InChI=1S/C10H9BrN2O2/c1-6-12-10(15-13-6)8-5-7(14-2)3-4-9(8)11/h3-5H,1-2H3. The van der Waals surface area contributed by atoms with Crippen LogP contribution in [0, 0.1) is 6.92 Å². The van der Waals surface area contributed by atoms with Gasteiger partial charge in [-0.25, -0.2) is 0 Å². The van der Waals surface area contributed by atoms with E-state index in [-0.39, 0.29) is 0 Å². The van der Waals surface area contributed by atoms with E-state index in [0.29, 0.717) is 11.7 Å². The maximum atomic E-state index is 5.13. The van der Waals surface area contributed by atoms with E-state index >= 15 is 0 Å². The first-order chi connectivity index (χ1) is 7.20. The van der Waals surface area contributed by atoms with E-state index in [1.165, 1.54) is 0 Å². The molecule has 0 radical (unpaired) electrons. The summed E-state index contributed by atoms with van der Waals surface area (Å²) in [5.41, 5.74) is 0.829. The number of methoxy groups -OCH3 is 1. The molecule has 0 fully saturated rings. The van der Waals surface area contributed by atoms with Crippen LogP contribution in [0.15, 0.2) is 27.2 Å². The highest BCUT2D eigenvalue weighted by Crippen LogP contribution is 2.30. The van der Waals surface area contributed by atoms with E-state index in [2.05, 4.69) is 26.1 Å². The molecule has 0 saturated heterocycles. The molecule has 0 saturated carbocycles. The summed E-state index contributed by atoms with van der Waals surface area (Å²) in [4.78, 5) is 4.15. The molecule has 1 aromatic heterocycles. The Morgan fingerprint density at radius 1 is 1.40 bits per heavy atom. The van der Waals surface area contributed by atoms with Crippen LogP contribution in [0.25, 0.3) is 11.5 Å². The number of rotatable bonds is 2. The van der Waals surface area contributed by atoms with Gasteiger partial charge in [0.05, 0.1) is 12.7 Å². The van der Waals surface area contributed by atoms with Crippen molar-refractivity contribution in [2.75, 3.05) is 7.11 Å². The lowest BCUT2D eigenvalue weighted by Crippen LogP contribution is -1.85. The van der Waals surface area contributed by atoms with E-state index in [1.807, 2.05) is 18.2 Å². The van der Waals surface area contributed by atoms with Crippen molar-refractivity contribution in [3.63, 3.8) is 0 Å². The molecule has 2 aromatic rings. The zero-order chi connectivity index (χ0) is 10.8. The van der Waals surface area contributed by atoms with Crippen molar-refractivity contribution >= 4 is 15.9 Å². The second kappa shape index (κ2) is 4.02. The number of hydrogen-bond donors (Lipinski definition) is 0. The van der Waals surface area contributed by atoms with Gasteiger partial charge in [0.15, 0.2) is 5.82 Å². The molecule has 78 valence electrons. The maximum absolute atomic E-state index is 5.13. The minimum atomic E-state index is 0.485. The molecule has 0 aliphatic carbocycles. The number of aromatic nitrogens is 2. The van der Waals surface area contributed by atoms with Crippen LogP contribution in [-0.2, 0) is 0 Å². The Morgan fingerprint density at radius 3 is 2.80 bits per heavy atom. The van der Waals surface area contributed by atoms with Gasteiger partial charge in [-0.1, -0.05) is 5.16 Å². The van der Waals surface area contributed by atoms with E-state index in [9.17, 15) is 0 Å². The van der Waals surface area contributed by atoms with Gasteiger partial charge >= 0.3 is 0 Å². The van der Waals surface area contributed by atoms with Crippen LogP contribution in [-0.4, -0.2) is 17.3 Å². The lowest BCUT2D eigenvalue weighted by molar-refractivity contribution is 0.412. The Bertz CT molecular complexity index is 482. The van der Waals surface area contributed by atoms with Crippen molar-refractivity contribution < 1.29 is 9.26 Å². The molecule has 5 heteroatoms. The fourth-order valence-corrected chi connectivity index (χ4v) is 1.62. The molecule has 0 amide bonds. The number of nitrogens with zero attached hydrogens (tertiary/aromatic N) is 2. The van der Waals surface area contributed by atoms with Crippen LogP contribution in [0.1, 0.15) is 5.82 Å². The maximum Gasteiger partial charge on any atom is 0.259 e. The van der Waals surface area contributed by atoms with Crippen LogP contribution in [0.3, 0.4) is 0 Å². The first kappa shape index (κ1) is 10.2. The van der Waals surface area contributed by atoms with Crippen LogP contribution in [0.4, 0.5) is 0 Å². The van der Waals surface area contributed by atoms with Gasteiger partial charge in [0.1, 0.15) is 5.75 Å². The number of ether oxygens (including phenoxy) is 1. The molecule has 0 aliphatic heterocycles. The van der Waals surface area contributed by atoms with Gasteiger partial charge in [0.25, 0.3) is 5.89 Å². The molecular formula is C10H9BrN2O2. The Morgan fingerprint density at radius 2 is 2.20 bits per heavy atom. The number of halogens is 1. The van der Waals surface area contributed by atoms with Gasteiger partial charge in [-0.15, -0.1) is 0 Å². The smallest absolute Gasteiger partial charge is 0.259 e. The van der Waals surface area contributed by atoms with Gasteiger partial charge in [0.2, 0.25) is 0 Å². The zero-order valence-electron chi connectivity index (χ0n) is 8.32. The second-order valence-electron chi connectivity index (χ2n) is 2.99. The topological polar surface area (TPSA) is 48.2 Å². The molecule has 1 heterocycles. The summed E-state index contributed by atoms with van der Waals surface area (Å²) in [6.07, 6.45) is 0. The van der Waals surface area contributed by atoms with Gasteiger partial charge in [-0.05, 0) is 41.1 Å². The zero-order valence-corrected chi connectivity index (χ0v) is 9.91. The number of hydrogen-bond acceptors (Lipinski definition) is 4. The third-order valence-electron chi connectivity index (χ3n) is 1.93. The first-order valence-corrected chi connectivity index (χ1v) is 5.14. The summed E-state index contributed by atoms with van der Waals surface area (Å²) in [5.74, 6) is 1.85. The molecule has 0 atom stereocenters. The Balaban J connectivity index is 2.51. The molecule has 0 spiro atoms. The summed E-state index contributed by atoms with van der Waals surface area (Å²) in [6, 6.07) is 5.58. The van der Waals surface area contributed by atoms with E-state index in [4.69, 9.17) is 9.26 Å². The second-order valence-corrected chi connectivity index (χ2v) is 3.85. The van der Waals surface area contributed by atoms with Crippen LogP contribution in [0.2, 0.25) is 0 Å². The van der Waals surface area contributed by atoms with Crippen molar-refractivity contribution in [2.45, 2.75) is 6.92 Å². The minimum Gasteiger partial charge on any atom is -0.497 e. The van der Waals surface area contributed by atoms with Gasteiger partial charge in [-0.2, -0.15) is 4.98 Å². The molecule has 4 nitrogen and oxygen atoms in total. The SMILES string of the molecule is COc1ccc(Br)c(-c2nc(C)no2)c1. The lowest BCUT2D eigenvalue weighted by Gasteiger charge is -2.02. The molecule has 1 aromatic carbocycles. The van der Waals surface area contributed by atoms with Crippen molar-refractivity contribution in [2.24, 2.45) is 0 Å². The summed E-state index contributed by atoms with van der Waals surface area (Å²) >= 11 is 3.42. The van der Waals surface area contributed by atoms with Crippen LogP contribution >= 0.6 is 15.9 Å². The van der Waals surface area contributed by atoms with Crippen molar-refractivity contribution in [3.8, 4) is 17.2 Å². The predicted molar refractivity (Wildman–Crippen MR) is 58.7 cm³/mol. The monoisotopic (exact) mass is 268 g/mol. The average molecular weight is 269 g/mol. The predicted octanol–water partition coefficient (Wildman–Crippen LogP) is 2.82. The molecular weight excluding hydrogens is 260 g/mol. The van der Waals surface area contributed by atoms with Gasteiger partial charge in [0, 0.05) is 4.47 Å². The third kappa shape index (κ3) is 2.02. The Labute approximate surface area is 95.4 Å². The molecule has 0 aliphatic rings. The highest BCUT2D eigenvalue weighted by molar-refractivity contribution is 9.10. The summed E-state index contributed by atoms with van der Waals surface area (Å²) in [7, 11) is 1.62. The normalized spacial score (nSPS) is 10.3. The Kier molecular flexibility index (Phi) is 2.73. The third-order valence-corrected chi connectivity index (χ3v) is 2.62. The summed E-state index contributed by atoms with van der Waals surface area (Å²) in [6.45, 7) is 1.78. The summed E-state index contributed by atoms with van der Waals surface area (Å²) in [5, 5.41) is 3.74. The van der Waals surface area contributed by atoms with Crippen LogP contribution in [0.5, 0.6) is 5.75 Å². The fourth-order valence-electron chi connectivity index (χ4n) is 1.20. The first-order valence-electron chi connectivity index (χ1n) is 4.35. The van der Waals surface area contributed by atoms with E-state index in [1.54, 1.807) is 14.0 Å². The highest BCUT2D eigenvalue weighted by atomic mass is 79.9. The molecule has 2 rings (SSSR count). The lowest BCUT2D eigenvalue weighted by atomic mass is 10.2. The van der Waals surface area contributed by atoms with Crippen LogP contribution < -0.4 is 4.74 Å². The van der Waals surface area contributed by atoms with E-state index < -0.39 is 0 Å². The average Bonchev–Trinajstić information content (AvgIpc) is 2.65. The molecule has 0 N–H and O–H groups in total. The highest BCUT2D eigenvalue weighted by Gasteiger charge is 2.11. The van der Waals surface area contributed by atoms with Crippen molar-refractivity contribution in [1.82, 2.24) is 10.1 Å². The van der Waals surface area contributed by atoms with Gasteiger partial charge in [-0.3, -0.25) is 0 Å². The molecule has 0 unspecified atom stereocenters. The van der Waals surface area contributed by atoms with Crippen molar-refractivity contribution in [3.05, 3.63) is 28.5 Å². The quantitative estimate of drug-likeness (QED) is 0.841. The minimum absolute atomic E-state index is 0.485. The number of aryl methyl sites for hydroxylation is 1. The summed E-state index contributed by atoms with van der Waals surface area (Å²) < 4.78 is 11.1. The fraction of sp³-hybridized carbons (Fsp3) is 0.200. The Hall–Kier alpha value is -1.36. The number of benzene rings is 1. The molecule has 15 heavy (non-hydrogen) atoms. The van der Waals surface area contributed by atoms with Crippen molar-refractivity contribution in [1.29, 1.82) is 0 Å². The molecule has 0 bridgehead atoms.